The molecule has 1 unspecified atom stereocenters. The number of aromatic nitrogens is 3. The van der Waals surface area contributed by atoms with Crippen LogP contribution in [-0.4, -0.2) is 45.4 Å². The molecular formula is C22H20FN5O. The van der Waals surface area contributed by atoms with E-state index in [9.17, 15) is 9.18 Å². The number of halogens is 1. The van der Waals surface area contributed by atoms with E-state index in [1.807, 2.05) is 30.5 Å². The average molecular weight is 389 g/mol. The van der Waals surface area contributed by atoms with Crippen LogP contribution in [0.3, 0.4) is 0 Å². The van der Waals surface area contributed by atoms with Crippen LogP contribution in [0.2, 0.25) is 0 Å². The van der Waals surface area contributed by atoms with Crippen molar-refractivity contribution in [3.63, 3.8) is 0 Å². The fraction of sp³-hybridized carbons (Fsp3) is 0.273. The van der Waals surface area contributed by atoms with Crippen molar-refractivity contribution in [1.29, 1.82) is 0 Å². The Bertz CT molecular complexity index is 1060. The van der Waals surface area contributed by atoms with Gasteiger partial charge in [0.15, 0.2) is 0 Å². The second-order valence-electron chi connectivity index (χ2n) is 7.67. The van der Waals surface area contributed by atoms with Gasteiger partial charge in [0.2, 0.25) is 5.95 Å². The Hall–Kier alpha value is -3.35. The van der Waals surface area contributed by atoms with Gasteiger partial charge in [0.05, 0.1) is 29.0 Å². The number of carbonyl (C=O) groups is 1. The molecule has 0 bridgehead atoms. The lowest BCUT2D eigenvalue weighted by molar-refractivity contribution is 0.0783. The van der Waals surface area contributed by atoms with Crippen molar-refractivity contribution in [2.75, 3.05) is 24.5 Å². The minimum atomic E-state index is -0.640. The first-order chi connectivity index (χ1) is 14.1. The van der Waals surface area contributed by atoms with Crippen LogP contribution in [0.4, 0.5) is 10.1 Å². The third kappa shape index (κ3) is 3.12. The molecule has 5 heterocycles. The van der Waals surface area contributed by atoms with Gasteiger partial charge < -0.3 is 9.80 Å². The molecule has 6 nitrogen and oxygen atoms in total. The van der Waals surface area contributed by atoms with Gasteiger partial charge in [0.25, 0.3) is 5.91 Å². The molecule has 1 amide bonds. The molecule has 5 rings (SSSR count). The van der Waals surface area contributed by atoms with Crippen molar-refractivity contribution in [2.45, 2.75) is 18.4 Å². The summed E-state index contributed by atoms with van der Waals surface area (Å²) in [5, 5.41) is 0. The van der Waals surface area contributed by atoms with Crippen molar-refractivity contribution in [3.8, 4) is 0 Å². The molecule has 1 fully saturated rings. The van der Waals surface area contributed by atoms with E-state index in [0.29, 0.717) is 25.2 Å². The first-order valence-electron chi connectivity index (χ1n) is 9.66. The summed E-state index contributed by atoms with van der Waals surface area (Å²) in [5.41, 5.74) is 3.25. The Balaban J connectivity index is 1.41. The van der Waals surface area contributed by atoms with Crippen LogP contribution in [0, 0.1) is 5.95 Å². The predicted octanol–water partition coefficient (Wildman–Crippen LogP) is 2.81. The summed E-state index contributed by atoms with van der Waals surface area (Å²) < 4.78 is 13.5. The van der Waals surface area contributed by atoms with E-state index >= 15 is 0 Å². The standard InChI is InChI=1S/C22H20FN5O/c23-19-12-16(6-10-25-19)21(29)27-11-7-22(14-27)15-28(13-17-4-1-2-8-24-17)18-5-3-9-26-20(18)22/h1-6,8-10,12H,7,11,13-15H2. The number of carbonyl (C=O) groups excluding carboxylic acids is 1. The summed E-state index contributed by atoms with van der Waals surface area (Å²) in [7, 11) is 0. The highest BCUT2D eigenvalue weighted by atomic mass is 19.1. The van der Waals surface area contributed by atoms with Crippen LogP contribution < -0.4 is 4.90 Å². The number of amides is 1. The Labute approximate surface area is 168 Å². The molecule has 1 atom stereocenters. The van der Waals surface area contributed by atoms with Crippen LogP contribution in [0.15, 0.2) is 61.1 Å². The quantitative estimate of drug-likeness (QED) is 0.645. The van der Waals surface area contributed by atoms with Gasteiger partial charge in [-0.05, 0) is 36.8 Å². The van der Waals surface area contributed by atoms with Gasteiger partial charge in [-0.15, -0.1) is 0 Å². The zero-order valence-corrected chi connectivity index (χ0v) is 15.8. The molecule has 0 radical (unpaired) electrons. The molecule has 0 N–H and O–H groups in total. The average Bonchev–Trinajstić information content (AvgIpc) is 3.31. The molecule has 0 saturated carbocycles. The van der Waals surface area contributed by atoms with E-state index in [2.05, 4.69) is 20.9 Å². The lowest BCUT2D eigenvalue weighted by Gasteiger charge is -2.25. The molecule has 7 heteroatoms. The molecule has 29 heavy (non-hydrogen) atoms. The predicted molar refractivity (Wildman–Crippen MR) is 106 cm³/mol. The van der Waals surface area contributed by atoms with Crippen molar-refractivity contribution in [3.05, 3.63) is 84.0 Å². The number of anilines is 1. The Kier molecular flexibility index (Phi) is 4.23. The molecule has 0 aliphatic carbocycles. The molecule has 1 spiro atoms. The van der Waals surface area contributed by atoms with Gasteiger partial charge in [-0.1, -0.05) is 6.07 Å². The highest BCUT2D eigenvalue weighted by molar-refractivity contribution is 5.94. The first kappa shape index (κ1) is 17.7. The SMILES string of the molecule is O=C(c1ccnc(F)c1)N1CCC2(C1)CN(Cc1ccccn1)c1cccnc12. The minimum Gasteiger partial charge on any atom is -0.363 e. The molecule has 2 aliphatic rings. The summed E-state index contributed by atoms with van der Waals surface area (Å²) in [6.45, 7) is 2.67. The number of hydrogen-bond acceptors (Lipinski definition) is 5. The van der Waals surface area contributed by atoms with E-state index in [0.717, 1.165) is 30.0 Å². The zero-order valence-electron chi connectivity index (χ0n) is 15.8. The lowest BCUT2D eigenvalue weighted by Crippen LogP contribution is -2.38. The van der Waals surface area contributed by atoms with Crippen molar-refractivity contribution >= 4 is 11.6 Å². The second kappa shape index (κ2) is 6.92. The number of pyridine rings is 3. The normalized spacial score (nSPS) is 20.3. The van der Waals surface area contributed by atoms with Gasteiger partial charge in [0, 0.05) is 49.9 Å². The van der Waals surface area contributed by atoms with E-state index in [-0.39, 0.29) is 11.3 Å². The van der Waals surface area contributed by atoms with Gasteiger partial charge in [-0.2, -0.15) is 4.39 Å². The maximum Gasteiger partial charge on any atom is 0.254 e. The molecular weight excluding hydrogens is 369 g/mol. The minimum absolute atomic E-state index is 0.163. The number of hydrogen-bond donors (Lipinski definition) is 0. The largest absolute Gasteiger partial charge is 0.363 e. The number of rotatable bonds is 3. The molecule has 3 aromatic heterocycles. The number of nitrogens with zero attached hydrogens (tertiary/aromatic N) is 5. The summed E-state index contributed by atoms with van der Waals surface area (Å²) >= 11 is 0. The topological polar surface area (TPSA) is 62.2 Å². The lowest BCUT2D eigenvalue weighted by atomic mass is 9.85. The third-order valence-corrected chi connectivity index (χ3v) is 5.82. The highest BCUT2D eigenvalue weighted by Gasteiger charge is 2.49. The zero-order chi connectivity index (χ0) is 19.8. The maximum atomic E-state index is 13.5. The smallest absolute Gasteiger partial charge is 0.254 e. The van der Waals surface area contributed by atoms with Crippen molar-refractivity contribution in [2.24, 2.45) is 0 Å². The number of fused-ring (bicyclic) bond motifs is 2. The summed E-state index contributed by atoms with van der Waals surface area (Å²) in [5.74, 6) is -0.803. The van der Waals surface area contributed by atoms with E-state index in [1.165, 1.54) is 12.3 Å². The molecule has 2 aliphatic heterocycles. The fourth-order valence-corrected chi connectivity index (χ4v) is 4.50. The second-order valence-corrected chi connectivity index (χ2v) is 7.67. The van der Waals surface area contributed by atoms with E-state index in [4.69, 9.17) is 4.98 Å². The molecule has 1 saturated heterocycles. The monoisotopic (exact) mass is 389 g/mol. The third-order valence-electron chi connectivity index (χ3n) is 5.82. The van der Waals surface area contributed by atoms with Gasteiger partial charge in [-0.25, -0.2) is 4.98 Å². The van der Waals surface area contributed by atoms with Crippen LogP contribution in [0.1, 0.15) is 28.2 Å². The van der Waals surface area contributed by atoms with Crippen LogP contribution in [0.5, 0.6) is 0 Å². The molecule has 3 aromatic rings. The first-order valence-corrected chi connectivity index (χ1v) is 9.66. The van der Waals surface area contributed by atoms with Crippen molar-refractivity contribution < 1.29 is 9.18 Å². The van der Waals surface area contributed by atoms with Gasteiger partial charge in [0.1, 0.15) is 0 Å². The molecule has 146 valence electrons. The van der Waals surface area contributed by atoms with Crippen LogP contribution in [-0.2, 0) is 12.0 Å². The van der Waals surface area contributed by atoms with Gasteiger partial charge in [-0.3, -0.25) is 14.8 Å². The molecule has 0 aromatic carbocycles. The summed E-state index contributed by atoms with van der Waals surface area (Å²) in [6.07, 6.45) is 5.77. The maximum absolute atomic E-state index is 13.5. The van der Waals surface area contributed by atoms with Crippen LogP contribution >= 0.6 is 0 Å². The highest BCUT2D eigenvalue weighted by Crippen LogP contribution is 2.45. The summed E-state index contributed by atoms with van der Waals surface area (Å²) in [4.78, 5) is 29.7. The van der Waals surface area contributed by atoms with Gasteiger partial charge >= 0.3 is 0 Å². The van der Waals surface area contributed by atoms with Crippen molar-refractivity contribution in [1.82, 2.24) is 19.9 Å². The fourth-order valence-electron chi connectivity index (χ4n) is 4.50. The van der Waals surface area contributed by atoms with Crippen LogP contribution in [0.25, 0.3) is 0 Å². The number of likely N-dealkylation sites (tertiary alicyclic amines) is 1. The Morgan fingerprint density at radius 1 is 1.03 bits per heavy atom. The van der Waals surface area contributed by atoms with E-state index in [1.54, 1.807) is 17.2 Å². The summed E-state index contributed by atoms with van der Waals surface area (Å²) in [6, 6.07) is 12.7. The Morgan fingerprint density at radius 2 is 1.93 bits per heavy atom. The van der Waals surface area contributed by atoms with E-state index < -0.39 is 5.95 Å². The Morgan fingerprint density at radius 3 is 2.76 bits per heavy atom.